The quantitative estimate of drug-likeness (QED) is 0.772. The van der Waals surface area contributed by atoms with Gasteiger partial charge >= 0.3 is 0 Å². The number of carbonyl (C=O) groups excluding carboxylic acids is 2. The van der Waals surface area contributed by atoms with E-state index >= 15 is 0 Å². The highest BCUT2D eigenvalue weighted by molar-refractivity contribution is 5.94. The molecule has 0 spiro atoms. The minimum absolute atomic E-state index is 0.0880. The molecule has 0 aliphatic carbocycles. The summed E-state index contributed by atoms with van der Waals surface area (Å²) in [6.07, 6.45) is 0.959. The van der Waals surface area contributed by atoms with Gasteiger partial charge in [0, 0.05) is 12.1 Å². The fourth-order valence-electron chi connectivity index (χ4n) is 2.52. The van der Waals surface area contributed by atoms with Gasteiger partial charge in [-0.25, -0.2) is 0 Å². The molecule has 1 aliphatic heterocycles. The molecule has 1 saturated heterocycles. The molecule has 114 valence electrons. The number of nitrogens with zero attached hydrogens (tertiary/aromatic N) is 1. The summed E-state index contributed by atoms with van der Waals surface area (Å²) in [7, 11) is 0. The second kappa shape index (κ2) is 7.78. The van der Waals surface area contributed by atoms with Crippen molar-refractivity contribution in [3.8, 4) is 0 Å². The van der Waals surface area contributed by atoms with Crippen molar-refractivity contribution in [2.75, 3.05) is 39.3 Å². The van der Waals surface area contributed by atoms with Gasteiger partial charge in [0.2, 0.25) is 0 Å². The first-order chi connectivity index (χ1) is 10.2. The summed E-state index contributed by atoms with van der Waals surface area (Å²) in [4.78, 5) is 27.1. The van der Waals surface area contributed by atoms with E-state index in [2.05, 4.69) is 5.32 Å². The highest BCUT2D eigenvalue weighted by atomic mass is 16.2. The summed E-state index contributed by atoms with van der Waals surface area (Å²) in [5.41, 5.74) is 0.738. The number of benzene rings is 1. The van der Waals surface area contributed by atoms with E-state index in [0.29, 0.717) is 19.6 Å². The molecule has 5 heteroatoms. The van der Waals surface area contributed by atoms with Crippen LogP contribution in [0.4, 0.5) is 0 Å². The number of hydrogen-bond donors (Lipinski definition) is 2. The second-order valence-electron chi connectivity index (χ2n) is 5.43. The lowest BCUT2D eigenvalue weighted by Gasteiger charge is -2.31. The lowest BCUT2D eigenvalue weighted by Crippen LogP contribution is -3.15. The van der Waals surface area contributed by atoms with E-state index in [1.54, 1.807) is 0 Å². The SMILES string of the molecule is CCCNC(=O)C[NH+]1CCN(C(=O)c2ccccc2)CC1. The molecule has 2 rings (SSSR count). The van der Waals surface area contributed by atoms with Gasteiger partial charge in [0.1, 0.15) is 0 Å². The summed E-state index contributed by atoms with van der Waals surface area (Å²) >= 11 is 0. The number of nitrogens with one attached hydrogen (secondary N) is 2. The van der Waals surface area contributed by atoms with Gasteiger partial charge in [-0.1, -0.05) is 25.1 Å². The first kappa shape index (κ1) is 15.5. The first-order valence-electron chi connectivity index (χ1n) is 7.65. The van der Waals surface area contributed by atoms with Crippen molar-refractivity contribution in [2.24, 2.45) is 0 Å². The molecule has 21 heavy (non-hydrogen) atoms. The zero-order valence-electron chi connectivity index (χ0n) is 12.6. The highest BCUT2D eigenvalue weighted by Gasteiger charge is 2.25. The summed E-state index contributed by atoms with van der Waals surface area (Å²) in [6, 6.07) is 9.37. The van der Waals surface area contributed by atoms with Gasteiger partial charge in [0.25, 0.3) is 11.8 Å². The van der Waals surface area contributed by atoms with E-state index in [4.69, 9.17) is 0 Å². The molecule has 1 heterocycles. The van der Waals surface area contributed by atoms with E-state index in [9.17, 15) is 9.59 Å². The molecule has 0 saturated carbocycles. The van der Waals surface area contributed by atoms with Crippen molar-refractivity contribution >= 4 is 11.8 Å². The number of piperazine rings is 1. The maximum atomic E-state index is 12.3. The monoisotopic (exact) mass is 290 g/mol. The lowest BCUT2D eigenvalue weighted by atomic mass is 10.2. The molecule has 1 aromatic carbocycles. The predicted octanol–water partition coefficient (Wildman–Crippen LogP) is -0.446. The number of rotatable bonds is 5. The Morgan fingerprint density at radius 2 is 1.86 bits per heavy atom. The third kappa shape index (κ3) is 4.56. The van der Waals surface area contributed by atoms with Gasteiger partial charge in [0.15, 0.2) is 6.54 Å². The van der Waals surface area contributed by atoms with Crippen LogP contribution < -0.4 is 10.2 Å². The Kier molecular flexibility index (Phi) is 5.75. The van der Waals surface area contributed by atoms with Crippen LogP contribution in [0.25, 0.3) is 0 Å². The zero-order chi connectivity index (χ0) is 15.1. The average Bonchev–Trinajstić information content (AvgIpc) is 2.54. The second-order valence-corrected chi connectivity index (χ2v) is 5.43. The van der Waals surface area contributed by atoms with Gasteiger partial charge in [0.05, 0.1) is 26.2 Å². The molecule has 0 aromatic heterocycles. The van der Waals surface area contributed by atoms with E-state index in [1.807, 2.05) is 42.2 Å². The molecule has 0 unspecified atom stereocenters. The number of quaternary nitrogens is 1. The van der Waals surface area contributed by atoms with Crippen LogP contribution in [0, 0.1) is 0 Å². The molecule has 5 nitrogen and oxygen atoms in total. The van der Waals surface area contributed by atoms with Crippen LogP contribution in [0.5, 0.6) is 0 Å². The third-order valence-corrected chi connectivity index (χ3v) is 3.76. The Morgan fingerprint density at radius 1 is 1.19 bits per heavy atom. The molecule has 0 atom stereocenters. The predicted molar refractivity (Wildman–Crippen MR) is 81.2 cm³/mol. The van der Waals surface area contributed by atoms with Crippen LogP contribution >= 0.6 is 0 Å². The summed E-state index contributed by atoms with van der Waals surface area (Å²) in [5.74, 6) is 0.194. The lowest BCUT2D eigenvalue weighted by molar-refractivity contribution is -0.896. The van der Waals surface area contributed by atoms with Gasteiger partial charge < -0.3 is 15.1 Å². The van der Waals surface area contributed by atoms with Gasteiger partial charge in [-0.05, 0) is 18.6 Å². The maximum Gasteiger partial charge on any atom is 0.275 e. The van der Waals surface area contributed by atoms with Crippen molar-refractivity contribution in [3.05, 3.63) is 35.9 Å². The molecule has 1 aliphatic rings. The minimum atomic E-state index is 0.0880. The van der Waals surface area contributed by atoms with E-state index in [1.165, 1.54) is 4.90 Å². The standard InChI is InChI=1S/C16H23N3O2/c1-2-8-17-15(20)13-18-9-11-19(12-10-18)16(21)14-6-4-3-5-7-14/h3-7H,2,8-13H2,1H3,(H,17,20)/p+1. The van der Waals surface area contributed by atoms with Crippen molar-refractivity contribution in [1.29, 1.82) is 0 Å². The Bertz CT molecular complexity index is 468. The smallest absolute Gasteiger partial charge is 0.275 e. The number of hydrogen-bond acceptors (Lipinski definition) is 2. The summed E-state index contributed by atoms with van der Waals surface area (Å²) < 4.78 is 0. The largest absolute Gasteiger partial charge is 0.351 e. The average molecular weight is 290 g/mol. The highest BCUT2D eigenvalue weighted by Crippen LogP contribution is 2.04. The van der Waals surface area contributed by atoms with Gasteiger partial charge in [-0.2, -0.15) is 0 Å². The summed E-state index contributed by atoms with van der Waals surface area (Å²) in [5, 5.41) is 2.90. The van der Waals surface area contributed by atoms with Crippen molar-refractivity contribution < 1.29 is 14.5 Å². The molecule has 1 fully saturated rings. The van der Waals surface area contributed by atoms with Gasteiger partial charge in [-0.3, -0.25) is 9.59 Å². The molecule has 2 N–H and O–H groups in total. The molecule has 2 amide bonds. The third-order valence-electron chi connectivity index (χ3n) is 3.76. The van der Waals surface area contributed by atoms with Crippen LogP contribution in [-0.4, -0.2) is 56.0 Å². The van der Waals surface area contributed by atoms with E-state index in [0.717, 1.165) is 31.6 Å². The summed E-state index contributed by atoms with van der Waals surface area (Å²) in [6.45, 7) is 6.38. The fourth-order valence-corrected chi connectivity index (χ4v) is 2.52. The van der Waals surface area contributed by atoms with Crippen LogP contribution in [0.2, 0.25) is 0 Å². The Balaban J connectivity index is 1.78. The zero-order valence-corrected chi connectivity index (χ0v) is 12.6. The topological polar surface area (TPSA) is 53.9 Å². The first-order valence-corrected chi connectivity index (χ1v) is 7.65. The van der Waals surface area contributed by atoms with Crippen LogP contribution in [0.1, 0.15) is 23.7 Å². The van der Waals surface area contributed by atoms with Crippen molar-refractivity contribution in [2.45, 2.75) is 13.3 Å². The maximum absolute atomic E-state index is 12.3. The normalized spacial score (nSPS) is 15.8. The Labute approximate surface area is 125 Å². The minimum Gasteiger partial charge on any atom is -0.351 e. The molecular weight excluding hydrogens is 266 g/mol. The van der Waals surface area contributed by atoms with Crippen LogP contribution in [-0.2, 0) is 4.79 Å². The number of carbonyl (C=O) groups is 2. The van der Waals surface area contributed by atoms with Crippen molar-refractivity contribution in [3.63, 3.8) is 0 Å². The molecule has 0 bridgehead atoms. The Hall–Kier alpha value is -1.88. The van der Waals surface area contributed by atoms with Gasteiger partial charge in [-0.15, -0.1) is 0 Å². The Morgan fingerprint density at radius 3 is 2.48 bits per heavy atom. The van der Waals surface area contributed by atoms with E-state index in [-0.39, 0.29) is 11.8 Å². The molecule has 1 aromatic rings. The van der Waals surface area contributed by atoms with Crippen molar-refractivity contribution in [1.82, 2.24) is 10.2 Å². The number of amides is 2. The fraction of sp³-hybridized carbons (Fsp3) is 0.500. The molecular formula is C16H24N3O2+. The van der Waals surface area contributed by atoms with Crippen LogP contribution in [0.15, 0.2) is 30.3 Å². The molecule has 0 radical (unpaired) electrons. The van der Waals surface area contributed by atoms with E-state index < -0.39 is 0 Å². The van der Waals surface area contributed by atoms with Crippen LogP contribution in [0.3, 0.4) is 0 Å².